The van der Waals surface area contributed by atoms with Crippen LogP contribution in [0, 0.1) is 0 Å². The molecule has 1 aromatic heterocycles. The Morgan fingerprint density at radius 2 is 2.17 bits per heavy atom. The van der Waals surface area contributed by atoms with E-state index in [0.717, 1.165) is 12.8 Å². The molecule has 29 heavy (non-hydrogen) atoms. The van der Waals surface area contributed by atoms with Crippen LogP contribution in [0.1, 0.15) is 33.6 Å². The minimum absolute atomic E-state index is 0.0159. The second-order valence-electron chi connectivity index (χ2n) is 6.43. The molecule has 1 saturated heterocycles. The molecule has 0 aliphatic carbocycles. The first-order valence-corrected chi connectivity index (χ1v) is 10.2. The van der Waals surface area contributed by atoms with E-state index in [9.17, 15) is 14.4 Å². The van der Waals surface area contributed by atoms with Gasteiger partial charge in [0.15, 0.2) is 0 Å². The smallest absolute Gasteiger partial charge is 0.325 e. The highest BCUT2D eigenvalue weighted by molar-refractivity contribution is 7.13. The summed E-state index contributed by atoms with van der Waals surface area (Å²) in [7, 11) is 1.26. The number of nitrogens with one attached hydrogen (secondary N) is 2. The number of piperidine rings is 1. The Morgan fingerprint density at radius 3 is 2.93 bits per heavy atom. The van der Waals surface area contributed by atoms with Gasteiger partial charge in [-0.2, -0.15) is 0 Å². The topological polar surface area (TPSA) is 114 Å². The van der Waals surface area contributed by atoms with Crippen molar-refractivity contribution in [2.24, 2.45) is 0 Å². The normalized spacial score (nSPS) is 16.2. The first-order valence-electron chi connectivity index (χ1n) is 8.96. The lowest BCUT2D eigenvalue weighted by molar-refractivity contribution is -0.139. The van der Waals surface area contributed by atoms with E-state index in [0.29, 0.717) is 28.8 Å². The Morgan fingerprint density at radius 1 is 1.34 bits per heavy atom. The Kier molecular flexibility index (Phi) is 6.99. The highest BCUT2D eigenvalue weighted by Gasteiger charge is 2.28. The molecule has 11 heteroatoms. The highest BCUT2D eigenvalue weighted by atomic mass is 35.5. The Hall–Kier alpha value is -2.72. The lowest BCUT2D eigenvalue weighted by Crippen LogP contribution is -2.46. The van der Waals surface area contributed by atoms with E-state index in [1.54, 1.807) is 29.2 Å². The van der Waals surface area contributed by atoms with Gasteiger partial charge in [0, 0.05) is 29.7 Å². The zero-order valence-electron chi connectivity index (χ0n) is 15.7. The molecule has 1 aliphatic heterocycles. The fraction of sp³-hybridized carbons (Fsp3) is 0.389. The number of hydrogen-bond donors (Lipinski definition) is 2. The van der Waals surface area contributed by atoms with Gasteiger partial charge in [0.05, 0.1) is 7.11 Å². The molecule has 0 saturated carbocycles. The summed E-state index contributed by atoms with van der Waals surface area (Å²) in [6, 6.07) is 6.51. The lowest BCUT2D eigenvalue weighted by Gasteiger charge is -2.31. The number of aromatic nitrogens is 2. The van der Waals surface area contributed by atoms with E-state index in [4.69, 9.17) is 11.6 Å². The van der Waals surface area contributed by atoms with E-state index < -0.39 is 5.97 Å². The van der Waals surface area contributed by atoms with Gasteiger partial charge in [-0.3, -0.25) is 9.59 Å². The van der Waals surface area contributed by atoms with E-state index in [2.05, 4.69) is 25.6 Å². The van der Waals surface area contributed by atoms with Crippen molar-refractivity contribution in [3.05, 3.63) is 39.3 Å². The lowest BCUT2D eigenvalue weighted by atomic mass is 9.99. The summed E-state index contributed by atoms with van der Waals surface area (Å²) < 4.78 is 4.52. The van der Waals surface area contributed by atoms with Crippen LogP contribution in [0.4, 0.5) is 10.5 Å². The second-order valence-corrected chi connectivity index (χ2v) is 7.88. The molecule has 3 rings (SSSR count). The minimum Gasteiger partial charge on any atom is -0.468 e. The third kappa shape index (κ3) is 5.64. The van der Waals surface area contributed by atoms with Gasteiger partial charge in [0.25, 0.3) is 5.91 Å². The van der Waals surface area contributed by atoms with Gasteiger partial charge < -0.3 is 20.3 Å². The number of anilines is 1. The van der Waals surface area contributed by atoms with Crippen LogP contribution in [-0.4, -0.2) is 59.7 Å². The number of halogens is 1. The molecule has 2 aromatic rings. The van der Waals surface area contributed by atoms with Crippen molar-refractivity contribution in [1.82, 2.24) is 20.4 Å². The predicted molar refractivity (Wildman–Crippen MR) is 108 cm³/mol. The summed E-state index contributed by atoms with van der Waals surface area (Å²) in [6.07, 6.45) is 1.63. The van der Waals surface area contributed by atoms with Crippen LogP contribution in [0.3, 0.4) is 0 Å². The van der Waals surface area contributed by atoms with Crippen LogP contribution < -0.4 is 10.6 Å². The fourth-order valence-electron chi connectivity index (χ4n) is 2.94. The predicted octanol–water partition coefficient (Wildman–Crippen LogP) is 2.51. The zero-order chi connectivity index (χ0) is 20.8. The van der Waals surface area contributed by atoms with Gasteiger partial charge in [-0.15, -0.1) is 10.2 Å². The molecule has 9 nitrogen and oxygen atoms in total. The number of esters is 1. The van der Waals surface area contributed by atoms with Crippen LogP contribution in [0.2, 0.25) is 5.02 Å². The number of rotatable bonds is 5. The summed E-state index contributed by atoms with van der Waals surface area (Å²) in [5.74, 6) is -0.885. The number of methoxy groups -OCH3 is 1. The molecule has 1 aliphatic rings. The van der Waals surface area contributed by atoms with Gasteiger partial charge in [-0.1, -0.05) is 29.0 Å². The number of carbonyl (C=O) groups excluding carboxylic acids is 3. The number of urea groups is 1. The molecule has 3 amide bonds. The number of carbonyl (C=O) groups is 3. The average Bonchev–Trinajstić information content (AvgIpc) is 3.22. The van der Waals surface area contributed by atoms with Crippen LogP contribution in [-0.2, 0) is 9.53 Å². The van der Waals surface area contributed by atoms with Gasteiger partial charge in [-0.25, -0.2) is 4.79 Å². The maximum atomic E-state index is 12.4. The summed E-state index contributed by atoms with van der Waals surface area (Å²) in [6.45, 7) is 0.852. The third-order valence-electron chi connectivity index (χ3n) is 4.39. The van der Waals surface area contributed by atoms with Crippen molar-refractivity contribution in [1.29, 1.82) is 0 Å². The monoisotopic (exact) mass is 437 g/mol. The standard InChI is InChI=1S/C18H20ClN5O4S/c1-28-14(25)9-20-18(27)24-7-3-4-11(10-24)16-22-23-17(29-16)15(26)21-13-6-2-5-12(19)8-13/h2,5-6,8,11H,3-4,7,9-10H2,1H3,(H,20,27)(H,21,26)/t11-/m0/s1. The Labute approximate surface area is 176 Å². The average molecular weight is 438 g/mol. The number of hydrogen-bond acceptors (Lipinski definition) is 7. The van der Waals surface area contributed by atoms with E-state index in [1.807, 2.05) is 0 Å². The maximum absolute atomic E-state index is 12.4. The minimum atomic E-state index is -0.508. The van der Waals surface area contributed by atoms with Gasteiger partial charge >= 0.3 is 12.0 Å². The molecule has 154 valence electrons. The van der Waals surface area contributed by atoms with Gasteiger partial charge in [0.2, 0.25) is 5.01 Å². The molecule has 0 bridgehead atoms. The van der Waals surface area contributed by atoms with E-state index in [-0.39, 0.29) is 29.4 Å². The molecule has 1 aromatic carbocycles. The van der Waals surface area contributed by atoms with Crippen molar-refractivity contribution in [3.8, 4) is 0 Å². The summed E-state index contributed by atoms with van der Waals surface area (Å²) >= 11 is 7.13. The van der Waals surface area contributed by atoms with Gasteiger partial charge in [0.1, 0.15) is 11.6 Å². The number of amides is 3. The molecule has 2 N–H and O–H groups in total. The van der Waals surface area contributed by atoms with Crippen LogP contribution in [0.15, 0.2) is 24.3 Å². The van der Waals surface area contributed by atoms with Crippen molar-refractivity contribution in [2.75, 3.05) is 32.1 Å². The molecular weight excluding hydrogens is 418 g/mol. The van der Waals surface area contributed by atoms with Crippen molar-refractivity contribution < 1.29 is 19.1 Å². The number of benzene rings is 1. The van der Waals surface area contributed by atoms with E-state index >= 15 is 0 Å². The third-order valence-corrected chi connectivity index (χ3v) is 5.71. The highest BCUT2D eigenvalue weighted by Crippen LogP contribution is 2.29. The van der Waals surface area contributed by atoms with Gasteiger partial charge in [-0.05, 0) is 31.0 Å². The van der Waals surface area contributed by atoms with Crippen LogP contribution in [0.5, 0.6) is 0 Å². The summed E-state index contributed by atoms with van der Waals surface area (Å²) in [5, 5.41) is 14.9. The largest absolute Gasteiger partial charge is 0.468 e. The molecule has 0 radical (unpaired) electrons. The SMILES string of the molecule is COC(=O)CNC(=O)N1CCC[C@H](c2nnc(C(=O)Nc3cccc(Cl)c3)s2)C1. The molecule has 1 atom stereocenters. The van der Waals surface area contributed by atoms with Crippen molar-refractivity contribution >= 4 is 46.5 Å². The van der Waals surface area contributed by atoms with Crippen molar-refractivity contribution in [3.63, 3.8) is 0 Å². The van der Waals surface area contributed by atoms with Crippen molar-refractivity contribution in [2.45, 2.75) is 18.8 Å². The molecule has 1 fully saturated rings. The molecule has 2 heterocycles. The van der Waals surface area contributed by atoms with Crippen LogP contribution >= 0.6 is 22.9 Å². The Bertz CT molecular complexity index is 906. The Balaban J connectivity index is 1.59. The number of nitrogens with zero attached hydrogens (tertiary/aromatic N) is 3. The first kappa shape index (κ1) is 21.0. The zero-order valence-corrected chi connectivity index (χ0v) is 17.3. The quantitative estimate of drug-likeness (QED) is 0.695. The molecule has 0 spiro atoms. The summed E-state index contributed by atoms with van der Waals surface area (Å²) in [4.78, 5) is 37.5. The fourth-order valence-corrected chi connectivity index (χ4v) is 3.99. The van der Waals surface area contributed by atoms with E-state index in [1.165, 1.54) is 18.4 Å². The summed E-state index contributed by atoms with van der Waals surface area (Å²) in [5.41, 5.74) is 0.574. The molecule has 0 unspecified atom stereocenters. The second kappa shape index (κ2) is 9.66. The number of likely N-dealkylation sites (tertiary alicyclic amines) is 1. The number of ether oxygens (including phenoxy) is 1. The van der Waals surface area contributed by atoms with Crippen LogP contribution in [0.25, 0.3) is 0 Å². The first-order chi connectivity index (χ1) is 14.0. The maximum Gasteiger partial charge on any atom is 0.325 e. The molecular formula is C18H20ClN5O4S.